The number of nitrogens with zero attached hydrogens (tertiary/aromatic N) is 1. The van der Waals surface area contributed by atoms with Crippen molar-refractivity contribution in [2.24, 2.45) is 0 Å². The molecule has 1 N–H and O–H groups in total. The van der Waals surface area contributed by atoms with Crippen molar-refractivity contribution in [1.29, 1.82) is 0 Å². The summed E-state index contributed by atoms with van der Waals surface area (Å²) < 4.78 is 11.6. The van der Waals surface area contributed by atoms with Gasteiger partial charge < -0.3 is 14.6 Å². The van der Waals surface area contributed by atoms with Crippen LogP contribution in [0.15, 0.2) is 54.6 Å². The van der Waals surface area contributed by atoms with Gasteiger partial charge in [-0.3, -0.25) is 0 Å². The van der Waals surface area contributed by atoms with Crippen LogP contribution in [0.25, 0.3) is 10.9 Å². The monoisotopic (exact) mass is 353 g/mol. The molecule has 0 spiro atoms. The Balaban J connectivity index is 2.00. The number of fused-ring (bicyclic) bond motifs is 1. The third-order valence-corrected chi connectivity index (χ3v) is 3.77. The number of carbonyl (C=O) groups is 2. The summed E-state index contributed by atoms with van der Waals surface area (Å²) in [6.07, 6.45) is -1.16. The summed E-state index contributed by atoms with van der Waals surface area (Å²) in [5.41, 5.74) is 0.949. The quantitative estimate of drug-likeness (QED) is 0.715. The Labute approximate surface area is 150 Å². The van der Waals surface area contributed by atoms with Gasteiger partial charge in [-0.25, -0.2) is 14.2 Å². The van der Waals surface area contributed by atoms with E-state index >= 15 is 0 Å². The number of ether oxygens (including phenoxy) is 2. The first-order valence-corrected chi connectivity index (χ1v) is 8.23. The summed E-state index contributed by atoms with van der Waals surface area (Å²) in [5, 5.41) is 10.8. The topological polar surface area (TPSA) is 77.8 Å². The van der Waals surface area contributed by atoms with Crippen LogP contribution < -0.4 is 0 Å². The van der Waals surface area contributed by atoms with Crippen molar-refractivity contribution >= 4 is 23.0 Å². The average Bonchev–Trinajstić information content (AvgIpc) is 2.93. The molecule has 6 heteroatoms. The Morgan fingerprint density at radius 1 is 1.04 bits per heavy atom. The third kappa shape index (κ3) is 3.39. The first-order chi connectivity index (χ1) is 12.5. The predicted molar refractivity (Wildman–Crippen MR) is 96.2 cm³/mol. The van der Waals surface area contributed by atoms with E-state index in [0.717, 1.165) is 10.1 Å². The number of benzene rings is 2. The normalized spacial score (nSPS) is 10.9. The SMILES string of the molecule is CC(C)OC(=O)c1c(O)c2ccccc2n1C(=O)OCc1ccccc1. The highest BCUT2D eigenvalue weighted by molar-refractivity contribution is 6.06. The second-order valence-corrected chi connectivity index (χ2v) is 6.04. The van der Waals surface area contributed by atoms with E-state index in [1.807, 2.05) is 30.3 Å². The van der Waals surface area contributed by atoms with Gasteiger partial charge in [0.25, 0.3) is 0 Å². The molecule has 6 nitrogen and oxygen atoms in total. The molecule has 0 amide bonds. The number of rotatable bonds is 4. The summed E-state index contributed by atoms with van der Waals surface area (Å²) in [7, 11) is 0. The van der Waals surface area contributed by atoms with Crippen molar-refractivity contribution in [3.05, 3.63) is 65.9 Å². The summed E-state index contributed by atoms with van der Waals surface area (Å²) in [5.74, 6) is -1.09. The number of carbonyl (C=O) groups excluding carboxylic acids is 2. The molecular formula is C20H19NO5. The molecule has 26 heavy (non-hydrogen) atoms. The van der Waals surface area contributed by atoms with Crippen LogP contribution >= 0.6 is 0 Å². The van der Waals surface area contributed by atoms with E-state index in [9.17, 15) is 14.7 Å². The standard InChI is InChI=1S/C20H19NO5/c1-13(2)26-19(23)17-18(22)15-10-6-7-11-16(15)21(17)20(24)25-12-14-8-4-3-5-9-14/h3-11,13,22H,12H2,1-2H3. The van der Waals surface area contributed by atoms with Gasteiger partial charge in [0.2, 0.25) is 0 Å². The van der Waals surface area contributed by atoms with Gasteiger partial charge in [0.05, 0.1) is 11.6 Å². The van der Waals surface area contributed by atoms with Crippen molar-refractivity contribution < 1.29 is 24.2 Å². The third-order valence-electron chi connectivity index (χ3n) is 3.77. The number of para-hydroxylation sites is 1. The van der Waals surface area contributed by atoms with Gasteiger partial charge in [-0.05, 0) is 31.5 Å². The second-order valence-electron chi connectivity index (χ2n) is 6.04. The lowest BCUT2D eigenvalue weighted by Gasteiger charge is -2.12. The minimum atomic E-state index is -0.787. The van der Waals surface area contributed by atoms with E-state index in [0.29, 0.717) is 10.9 Å². The van der Waals surface area contributed by atoms with Crippen molar-refractivity contribution in [1.82, 2.24) is 4.57 Å². The Bertz CT molecular complexity index is 943. The number of aromatic hydroxyl groups is 1. The van der Waals surface area contributed by atoms with E-state index in [1.165, 1.54) is 0 Å². The molecule has 2 aromatic carbocycles. The molecule has 0 unspecified atom stereocenters. The van der Waals surface area contributed by atoms with Crippen molar-refractivity contribution in [2.75, 3.05) is 0 Å². The molecule has 3 rings (SSSR count). The van der Waals surface area contributed by atoms with Crippen LogP contribution in [-0.2, 0) is 16.1 Å². The maximum absolute atomic E-state index is 12.7. The number of hydrogen-bond acceptors (Lipinski definition) is 5. The molecule has 0 aliphatic heterocycles. The van der Waals surface area contributed by atoms with Crippen molar-refractivity contribution in [3.63, 3.8) is 0 Å². The first-order valence-electron chi connectivity index (χ1n) is 8.23. The summed E-state index contributed by atoms with van der Waals surface area (Å²) in [4.78, 5) is 25.1. The largest absolute Gasteiger partial charge is 0.505 e. The van der Waals surface area contributed by atoms with Gasteiger partial charge in [-0.15, -0.1) is 0 Å². The number of aromatic nitrogens is 1. The Hall–Kier alpha value is -3.28. The van der Waals surface area contributed by atoms with Crippen molar-refractivity contribution in [2.45, 2.75) is 26.6 Å². The fourth-order valence-corrected chi connectivity index (χ4v) is 2.65. The Morgan fingerprint density at radius 3 is 2.38 bits per heavy atom. The molecule has 0 atom stereocenters. The predicted octanol–water partition coefficient (Wildman–Crippen LogP) is 4.10. The summed E-state index contributed by atoms with van der Waals surface area (Å²) >= 11 is 0. The Kier molecular flexibility index (Phi) is 4.93. The highest BCUT2D eigenvalue weighted by Gasteiger charge is 2.28. The highest BCUT2D eigenvalue weighted by Crippen LogP contribution is 2.33. The van der Waals surface area contributed by atoms with Crippen molar-refractivity contribution in [3.8, 4) is 5.75 Å². The fraction of sp³-hybridized carbons (Fsp3) is 0.200. The molecule has 1 aromatic heterocycles. The number of hydrogen-bond donors (Lipinski definition) is 1. The highest BCUT2D eigenvalue weighted by atomic mass is 16.6. The molecule has 134 valence electrons. The second kappa shape index (κ2) is 7.31. The van der Waals surface area contributed by atoms with Crippen LogP contribution in [0.3, 0.4) is 0 Å². The zero-order valence-corrected chi connectivity index (χ0v) is 14.5. The molecule has 0 saturated carbocycles. The minimum Gasteiger partial charge on any atom is -0.505 e. The molecule has 0 aliphatic rings. The van der Waals surface area contributed by atoms with Crippen LogP contribution in [-0.4, -0.2) is 27.8 Å². The maximum Gasteiger partial charge on any atom is 0.419 e. The lowest BCUT2D eigenvalue weighted by molar-refractivity contribution is 0.0360. The molecule has 3 aromatic rings. The molecule has 0 radical (unpaired) electrons. The molecule has 0 bridgehead atoms. The summed E-state index contributed by atoms with van der Waals surface area (Å²) in [6, 6.07) is 15.9. The zero-order chi connectivity index (χ0) is 18.7. The molecule has 0 saturated heterocycles. The van der Waals surface area contributed by atoms with E-state index in [2.05, 4.69) is 0 Å². The fourth-order valence-electron chi connectivity index (χ4n) is 2.65. The minimum absolute atomic E-state index is 0.0472. The van der Waals surface area contributed by atoms with E-state index in [1.54, 1.807) is 38.1 Å². The van der Waals surface area contributed by atoms with Gasteiger partial charge in [0.15, 0.2) is 11.4 Å². The lowest BCUT2D eigenvalue weighted by atomic mass is 10.2. The molecule has 0 fully saturated rings. The van der Waals surface area contributed by atoms with Crippen LogP contribution in [0.4, 0.5) is 4.79 Å². The van der Waals surface area contributed by atoms with Crippen LogP contribution in [0.2, 0.25) is 0 Å². The van der Waals surface area contributed by atoms with Gasteiger partial charge in [-0.1, -0.05) is 42.5 Å². The van der Waals surface area contributed by atoms with E-state index < -0.39 is 18.2 Å². The van der Waals surface area contributed by atoms with E-state index in [-0.39, 0.29) is 18.1 Å². The summed E-state index contributed by atoms with van der Waals surface area (Å²) in [6.45, 7) is 3.43. The van der Waals surface area contributed by atoms with Gasteiger partial charge in [-0.2, -0.15) is 0 Å². The smallest absolute Gasteiger partial charge is 0.419 e. The van der Waals surface area contributed by atoms with Gasteiger partial charge in [0, 0.05) is 5.39 Å². The Morgan fingerprint density at radius 2 is 1.69 bits per heavy atom. The number of esters is 1. The van der Waals surface area contributed by atoms with E-state index in [4.69, 9.17) is 9.47 Å². The lowest BCUT2D eigenvalue weighted by Crippen LogP contribution is -2.21. The zero-order valence-electron chi connectivity index (χ0n) is 14.5. The van der Waals surface area contributed by atoms with Gasteiger partial charge in [0.1, 0.15) is 6.61 Å². The molecular weight excluding hydrogens is 334 g/mol. The van der Waals surface area contributed by atoms with Crippen LogP contribution in [0, 0.1) is 0 Å². The van der Waals surface area contributed by atoms with Crippen LogP contribution in [0.5, 0.6) is 5.75 Å². The molecule has 1 heterocycles. The maximum atomic E-state index is 12.7. The van der Waals surface area contributed by atoms with Gasteiger partial charge >= 0.3 is 12.1 Å². The molecule has 0 aliphatic carbocycles. The van der Waals surface area contributed by atoms with Crippen LogP contribution in [0.1, 0.15) is 29.9 Å². The average molecular weight is 353 g/mol. The first kappa shape index (κ1) is 17.5.